The van der Waals surface area contributed by atoms with Crippen molar-refractivity contribution in [2.45, 2.75) is 24.9 Å². The van der Waals surface area contributed by atoms with Crippen LogP contribution in [0.5, 0.6) is 0 Å². The molecule has 1 heterocycles. The summed E-state index contributed by atoms with van der Waals surface area (Å²) in [5, 5.41) is 2.77. The van der Waals surface area contributed by atoms with E-state index in [2.05, 4.69) is 22.3 Å². The van der Waals surface area contributed by atoms with E-state index in [1.807, 2.05) is 41.3 Å². The van der Waals surface area contributed by atoms with Gasteiger partial charge in [-0.1, -0.05) is 48.5 Å². The van der Waals surface area contributed by atoms with Crippen molar-refractivity contribution < 1.29 is 9.59 Å². The molecule has 1 N–H and O–H groups in total. The van der Waals surface area contributed by atoms with Gasteiger partial charge in [0.15, 0.2) is 0 Å². The molecule has 1 aliphatic carbocycles. The molecule has 2 amide bonds. The van der Waals surface area contributed by atoms with E-state index in [1.54, 1.807) is 12.1 Å². The number of hydrogen-bond acceptors (Lipinski definition) is 3. The normalized spacial score (nSPS) is 20.3. The van der Waals surface area contributed by atoms with Crippen LogP contribution in [0, 0.1) is 0 Å². The Morgan fingerprint density at radius 1 is 0.926 bits per heavy atom. The van der Waals surface area contributed by atoms with Crippen molar-refractivity contribution in [2.75, 3.05) is 26.2 Å². The topological polar surface area (TPSA) is 52.7 Å². The highest BCUT2D eigenvalue weighted by atomic mass is 16.2. The number of rotatable bonds is 5. The summed E-state index contributed by atoms with van der Waals surface area (Å²) in [6, 6.07) is 19.9. The van der Waals surface area contributed by atoms with Gasteiger partial charge in [-0.15, -0.1) is 0 Å². The molecule has 1 aliphatic heterocycles. The zero-order chi connectivity index (χ0) is 18.6. The molecule has 5 heteroatoms. The Labute approximate surface area is 160 Å². The predicted molar refractivity (Wildman–Crippen MR) is 104 cm³/mol. The maximum Gasteiger partial charge on any atom is 0.251 e. The number of benzene rings is 2. The van der Waals surface area contributed by atoms with Crippen molar-refractivity contribution >= 4 is 11.8 Å². The first-order chi connectivity index (χ1) is 13.2. The van der Waals surface area contributed by atoms with Crippen LogP contribution < -0.4 is 5.32 Å². The molecule has 0 radical (unpaired) electrons. The lowest BCUT2D eigenvalue weighted by molar-refractivity contribution is -0.135. The molecule has 2 fully saturated rings. The molecule has 0 spiro atoms. The number of carbonyl (C=O) groups excluding carboxylic acids is 2. The Bertz CT molecular complexity index is 790. The monoisotopic (exact) mass is 363 g/mol. The second-order valence-electron chi connectivity index (χ2n) is 7.29. The Balaban J connectivity index is 1.43. The summed E-state index contributed by atoms with van der Waals surface area (Å²) in [5.41, 5.74) is 1.73. The van der Waals surface area contributed by atoms with Crippen molar-refractivity contribution in [3.05, 3.63) is 71.8 Å². The van der Waals surface area contributed by atoms with Crippen LogP contribution in [-0.2, 0) is 4.79 Å². The number of amides is 2. The van der Waals surface area contributed by atoms with Crippen LogP contribution in [0.3, 0.4) is 0 Å². The summed E-state index contributed by atoms with van der Waals surface area (Å²) in [5.74, 6) is -0.236. The maximum atomic E-state index is 12.9. The number of nitrogens with one attached hydrogen (secondary N) is 1. The van der Waals surface area contributed by atoms with Gasteiger partial charge in [-0.2, -0.15) is 0 Å². The van der Waals surface area contributed by atoms with Gasteiger partial charge < -0.3 is 10.2 Å². The molecule has 1 unspecified atom stereocenters. The van der Waals surface area contributed by atoms with Crippen LogP contribution in [0.2, 0.25) is 0 Å². The van der Waals surface area contributed by atoms with Gasteiger partial charge >= 0.3 is 0 Å². The summed E-state index contributed by atoms with van der Waals surface area (Å²) in [6.45, 7) is 2.51. The summed E-state index contributed by atoms with van der Waals surface area (Å²) >= 11 is 0. The van der Waals surface area contributed by atoms with Crippen molar-refractivity contribution in [1.82, 2.24) is 15.1 Å². The highest BCUT2D eigenvalue weighted by molar-refractivity contribution is 5.96. The van der Waals surface area contributed by atoms with E-state index in [4.69, 9.17) is 0 Å². The second kappa shape index (κ2) is 7.92. The van der Waals surface area contributed by atoms with Gasteiger partial charge in [0.25, 0.3) is 5.91 Å². The Morgan fingerprint density at radius 2 is 1.59 bits per heavy atom. The Hall–Kier alpha value is -2.66. The number of hydrogen-bond donors (Lipinski definition) is 1. The summed E-state index contributed by atoms with van der Waals surface area (Å²) in [4.78, 5) is 29.6. The minimum Gasteiger partial charge on any atom is -0.343 e. The standard InChI is InChI=1S/C22H25N3O2/c26-21(15-23-22(27)18-9-5-2-6-10-18)25-14-13-24(19-11-12-19)16-20(25)17-7-3-1-4-8-17/h1-10,19-20H,11-16H2,(H,23,27). The van der Waals surface area contributed by atoms with Crippen LogP contribution in [0.15, 0.2) is 60.7 Å². The van der Waals surface area contributed by atoms with Crippen LogP contribution in [-0.4, -0.2) is 53.8 Å². The van der Waals surface area contributed by atoms with Gasteiger partial charge in [0.2, 0.25) is 5.91 Å². The smallest absolute Gasteiger partial charge is 0.251 e. The third kappa shape index (κ3) is 4.19. The maximum absolute atomic E-state index is 12.9. The third-order valence-corrected chi connectivity index (χ3v) is 5.42. The van der Waals surface area contributed by atoms with Crippen LogP contribution >= 0.6 is 0 Å². The van der Waals surface area contributed by atoms with Crippen molar-refractivity contribution in [3.63, 3.8) is 0 Å². The SMILES string of the molecule is O=C(NCC(=O)N1CCN(C2CC2)CC1c1ccccc1)c1ccccc1. The van der Waals surface area contributed by atoms with Crippen LogP contribution in [0.25, 0.3) is 0 Å². The van der Waals surface area contributed by atoms with E-state index >= 15 is 0 Å². The van der Waals surface area contributed by atoms with Crippen LogP contribution in [0.4, 0.5) is 0 Å². The lowest BCUT2D eigenvalue weighted by Gasteiger charge is -2.42. The van der Waals surface area contributed by atoms with Crippen molar-refractivity contribution in [3.8, 4) is 0 Å². The fourth-order valence-corrected chi connectivity index (χ4v) is 3.78. The lowest BCUT2D eigenvalue weighted by Crippen LogP contribution is -2.53. The molecule has 2 aromatic rings. The third-order valence-electron chi connectivity index (χ3n) is 5.42. The van der Waals surface area contributed by atoms with E-state index in [1.165, 1.54) is 12.8 Å². The molecule has 27 heavy (non-hydrogen) atoms. The predicted octanol–water partition coefficient (Wildman–Crippen LogP) is 2.46. The van der Waals surface area contributed by atoms with Gasteiger partial charge in [-0.3, -0.25) is 14.5 Å². The molecule has 4 rings (SSSR count). The second-order valence-corrected chi connectivity index (χ2v) is 7.29. The minimum atomic E-state index is -0.211. The molecule has 2 aromatic carbocycles. The molecular weight excluding hydrogens is 338 g/mol. The Kier molecular flexibility index (Phi) is 5.21. The zero-order valence-corrected chi connectivity index (χ0v) is 15.4. The number of carbonyl (C=O) groups is 2. The zero-order valence-electron chi connectivity index (χ0n) is 15.4. The van der Waals surface area contributed by atoms with Gasteiger partial charge in [0.05, 0.1) is 12.6 Å². The van der Waals surface area contributed by atoms with Gasteiger partial charge in [-0.05, 0) is 30.5 Å². The molecule has 140 valence electrons. The fraction of sp³-hybridized carbons (Fsp3) is 0.364. The Morgan fingerprint density at radius 3 is 2.26 bits per heavy atom. The first kappa shape index (κ1) is 17.7. The average Bonchev–Trinajstić information content (AvgIpc) is 3.58. The molecule has 2 aliphatic rings. The summed E-state index contributed by atoms with van der Waals surface area (Å²) < 4.78 is 0. The van der Waals surface area contributed by atoms with Crippen LogP contribution in [0.1, 0.15) is 34.8 Å². The quantitative estimate of drug-likeness (QED) is 0.888. The highest BCUT2D eigenvalue weighted by Crippen LogP contribution is 2.33. The number of piperazine rings is 1. The first-order valence-corrected chi connectivity index (χ1v) is 9.64. The van der Waals surface area contributed by atoms with E-state index < -0.39 is 0 Å². The highest BCUT2D eigenvalue weighted by Gasteiger charge is 2.37. The first-order valence-electron chi connectivity index (χ1n) is 9.64. The summed E-state index contributed by atoms with van der Waals surface area (Å²) in [7, 11) is 0. The van der Waals surface area contributed by atoms with E-state index in [-0.39, 0.29) is 24.4 Å². The largest absolute Gasteiger partial charge is 0.343 e. The molecular formula is C22H25N3O2. The lowest BCUT2D eigenvalue weighted by atomic mass is 10.0. The average molecular weight is 363 g/mol. The molecule has 1 saturated carbocycles. The van der Waals surface area contributed by atoms with Gasteiger partial charge in [-0.25, -0.2) is 0 Å². The summed E-state index contributed by atoms with van der Waals surface area (Å²) in [6.07, 6.45) is 2.53. The fourth-order valence-electron chi connectivity index (χ4n) is 3.78. The van der Waals surface area contributed by atoms with Gasteiger partial charge in [0.1, 0.15) is 0 Å². The molecule has 0 bridgehead atoms. The molecule has 5 nitrogen and oxygen atoms in total. The molecule has 1 saturated heterocycles. The van der Waals surface area contributed by atoms with Gasteiger partial charge in [0, 0.05) is 31.2 Å². The minimum absolute atomic E-state index is 0.0245. The van der Waals surface area contributed by atoms with Crippen molar-refractivity contribution in [1.29, 1.82) is 0 Å². The van der Waals surface area contributed by atoms with E-state index in [9.17, 15) is 9.59 Å². The number of nitrogens with zero attached hydrogens (tertiary/aromatic N) is 2. The molecule has 1 atom stereocenters. The van der Waals surface area contributed by atoms with Crippen molar-refractivity contribution in [2.24, 2.45) is 0 Å². The van der Waals surface area contributed by atoms with E-state index in [0.29, 0.717) is 18.2 Å². The molecule has 0 aromatic heterocycles. The van der Waals surface area contributed by atoms with E-state index in [0.717, 1.165) is 18.7 Å².